The molecule has 0 radical (unpaired) electrons. The maximum Gasteiger partial charge on any atom is 0.120 e. The molecule has 0 N–H and O–H groups in total. The Hall–Kier alpha value is -1.06. The summed E-state index contributed by atoms with van der Waals surface area (Å²) in [5, 5.41) is 0.725. The zero-order valence-electron chi connectivity index (χ0n) is 9.69. The lowest BCUT2D eigenvalue weighted by atomic mass is 10.1. The molecule has 1 fully saturated rings. The summed E-state index contributed by atoms with van der Waals surface area (Å²) in [6, 6.07) is 5.89. The number of halogens is 1. The van der Waals surface area contributed by atoms with E-state index < -0.39 is 0 Å². The van der Waals surface area contributed by atoms with Crippen LogP contribution in [0.3, 0.4) is 0 Å². The Morgan fingerprint density at radius 2 is 2.12 bits per heavy atom. The number of hydrogen-bond donors (Lipinski definition) is 0. The average Bonchev–Trinajstić information content (AvgIpc) is 2.37. The van der Waals surface area contributed by atoms with E-state index >= 15 is 0 Å². The van der Waals surface area contributed by atoms with E-state index in [-0.39, 0.29) is 0 Å². The van der Waals surface area contributed by atoms with Gasteiger partial charge in [0, 0.05) is 30.2 Å². The van der Waals surface area contributed by atoms with Crippen molar-refractivity contribution in [2.75, 3.05) is 31.2 Å². The fourth-order valence-electron chi connectivity index (χ4n) is 2.08. The normalized spacial score (nSPS) is 15.9. The molecule has 0 unspecified atom stereocenters. The molecule has 3 nitrogen and oxygen atoms in total. The van der Waals surface area contributed by atoms with Crippen LogP contribution in [-0.2, 0) is 16.0 Å². The van der Waals surface area contributed by atoms with Crippen molar-refractivity contribution in [3.8, 4) is 0 Å². The summed E-state index contributed by atoms with van der Waals surface area (Å²) in [7, 11) is 0. The molecule has 0 amide bonds. The first-order valence-corrected chi connectivity index (χ1v) is 6.24. The summed E-state index contributed by atoms with van der Waals surface area (Å²) in [5.74, 6) is 0. The number of carbonyl (C=O) groups is 1. The Kier molecular flexibility index (Phi) is 4.40. The van der Waals surface area contributed by atoms with Crippen molar-refractivity contribution < 1.29 is 9.53 Å². The summed E-state index contributed by atoms with van der Waals surface area (Å²) in [6.07, 6.45) is 2.23. The van der Waals surface area contributed by atoms with Crippen LogP contribution in [0.5, 0.6) is 0 Å². The van der Waals surface area contributed by atoms with Gasteiger partial charge in [-0.15, -0.1) is 0 Å². The second-order valence-electron chi connectivity index (χ2n) is 4.08. The third-order valence-electron chi connectivity index (χ3n) is 2.92. The van der Waals surface area contributed by atoms with Gasteiger partial charge in [0.15, 0.2) is 0 Å². The fraction of sp³-hybridized carbons (Fsp3) is 0.462. The highest BCUT2D eigenvalue weighted by Gasteiger charge is 2.14. The van der Waals surface area contributed by atoms with E-state index in [1.807, 2.05) is 18.2 Å². The quantitative estimate of drug-likeness (QED) is 0.772. The Labute approximate surface area is 106 Å². The standard InChI is InChI=1S/C13H16ClNO2/c14-12-3-4-13(11(10-12)2-1-7-16)15-5-8-17-9-6-15/h3-4,7,10H,1-2,5-6,8-9H2. The van der Waals surface area contributed by atoms with Gasteiger partial charge in [0.1, 0.15) is 6.29 Å². The molecule has 17 heavy (non-hydrogen) atoms. The number of nitrogens with zero attached hydrogens (tertiary/aromatic N) is 1. The van der Waals surface area contributed by atoms with Crippen molar-refractivity contribution >= 4 is 23.6 Å². The molecule has 1 aliphatic rings. The second kappa shape index (κ2) is 6.03. The maximum atomic E-state index is 10.5. The third-order valence-corrected chi connectivity index (χ3v) is 3.16. The van der Waals surface area contributed by atoms with Crippen molar-refractivity contribution in [2.45, 2.75) is 12.8 Å². The molecule has 0 spiro atoms. The first-order chi connectivity index (χ1) is 8.31. The molecule has 1 aromatic rings. The number of aryl methyl sites for hydroxylation is 1. The highest BCUT2D eigenvalue weighted by atomic mass is 35.5. The van der Waals surface area contributed by atoms with Gasteiger partial charge in [-0.25, -0.2) is 0 Å². The highest BCUT2D eigenvalue weighted by molar-refractivity contribution is 6.30. The minimum Gasteiger partial charge on any atom is -0.378 e. The van der Waals surface area contributed by atoms with Gasteiger partial charge >= 0.3 is 0 Å². The summed E-state index contributed by atoms with van der Waals surface area (Å²) in [5.41, 5.74) is 2.33. The van der Waals surface area contributed by atoms with Gasteiger partial charge < -0.3 is 14.4 Å². The van der Waals surface area contributed by atoms with E-state index in [4.69, 9.17) is 16.3 Å². The van der Waals surface area contributed by atoms with Crippen LogP contribution >= 0.6 is 11.6 Å². The van der Waals surface area contributed by atoms with Crippen molar-refractivity contribution in [3.05, 3.63) is 28.8 Å². The molecule has 1 saturated heterocycles. The van der Waals surface area contributed by atoms with Crippen LogP contribution in [0.1, 0.15) is 12.0 Å². The zero-order chi connectivity index (χ0) is 12.1. The van der Waals surface area contributed by atoms with Crippen LogP contribution in [0.2, 0.25) is 5.02 Å². The lowest BCUT2D eigenvalue weighted by Crippen LogP contribution is -2.36. The highest BCUT2D eigenvalue weighted by Crippen LogP contribution is 2.26. The number of benzene rings is 1. The molecule has 0 saturated carbocycles. The number of morpholine rings is 1. The summed E-state index contributed by atoms with van der Waals surface area (Å²) < 4.78 is 5.34. The van der Waals surface area contributed by atoms with E-state index in [0.29, 0.717) is 6.42 Å². The first kappa shape index (κ1) is 12.4. The van der Waals surface area contributed by atoms with E-state index in [1.54, 1.807) is 0 Å². The number of anilines is 1. The summed E-state index contributed by atoms with van der Waals surface area (Å²) in [6.45, 7) is 3.32. The lowest BCUT2D eigenvalue weighted by molar-refractivity contribution is -0.107. The van der Waals surface area contributed by atoms with Crippen LogP contribution in [0.25, 0.3) is 0 Å². The molecule has 2 rings (SSSR count). The predicted molar refractivity (Wildman–Crippen MR) is 68.9 cm³/mol. The summed E-state index contributed by atoms with van der Waals surface area (Å²) in [4.78, 5) is 12.8. The van der Waals surface area contributed by atoms with E-state index in [1.165, 1.54) is 5.69 Å². The number of ether oxygens (including phenoxy) is 1. The monoisotopic (exact) mass is 253 g/mol. The van der Waals surface area contributed by atoms with Crippen molar-refractivity contribution in [1.82, 2.24) is 0 Å². The fourth-order valence-corrected chi connectivity index (χ4v) is 2.28. The molecule has 0 atom stereocenters. The molecule has 0 aliphatic carbocycles. The molecule has 4 heteroatoms. The van der Waals surface area contributed by atoms with Gasteiger partial charge in [-0.1, -0.05) is 11.6 Å². The molecule has 1 aromatic carbocycles. The zero-order valence-corrected chi connectivity index (χ0v) is 10.4. The molecule has 1 aliphatic heterocycles. The Morgan fingerprint density at radius 3 is 2.82 bits per heavy atom. The van der Waals surface area contributed by atoms with Crippen LogP contribution in [0.15, 0.2) is 18.2 Å². The minimum absolute atomic E-state index is 0.539. The van der Waals surface area contributed by atoms with Crippen molar-refractivity contribution in [1.29, 1.82) is 0 Å². The smallest absolute Gasteiger partial charge is 0.120 e. The SMILES string of the molecule is O=CCCc1cc(Cl)ccc1N1CCOCC1. The van der Waals surface area contributed by atoms with Gasteiger partial charge in [0.05, 0.1) is 13.2 Å². The summed E-state index contributed by atoms with van der Waals surface area (Å²) >= 11 is 6.00. The minimum atomic E-state index is 0.539. The predicted octanol–water partition coefficient (Wildman–Crippen LogP) is 2.31. The molecule has 0 aromatic heterocycles. The van der Waals surface area contributed by atoms with Gasteiger partial charge in [-0.2, -0.15) is 0 Å². The Bertz CT molecular complexity index is 389. The maximum absolute atomic E-state index is 10.5. The third kappa shape index (κ3) is 3.20. The van der Waals surface area contributed by atoms with E-state index in [2.05, 4.69) is 4.90 Å². The first-order valence-electron chi connectivity index (χ1n) is 5.86. The molecule has 0 bridgehead atoms. The Balaban J connectivity index is 2.20. The van der Waals surface area contributed by atoms with Gasteiger partial charge in [-0.3, -0.25) is 0 Å². The number of hydrogen-bond acceptors (Lipinski definition) is 3. The van der Waals surface area contributed by atoms with Gasteiger partial charge in [0.2, 0.25) is 0 Å². The van der Waals surface area contributed by atoms with Crippen molar-refractivity contribution in [2.24, 2.45) is 0 Å². The Morgan fingerprint density at radius 1 is 1.35 bits per heavy atom. The lowest BCUT2D eigenvalue weighted by Gasteiger charge is -2.30. The molecular formula is C13H16ClNO2. The largest absolute Gasteiger partial charge is 0.378 e. The molecular weight excluding hydrogens is 238 g/mol. The van der Waals surface area contributed by atoms with E-state index in [0.717, 1.165) is 49.6 Å². The van der Waals surface area contributed by atoms with E-state index in [9.17, 15) is 4.79 Å². The number of aldehydes is 1. The van der Waals surface area contributed by atoms with Crippen LogP contribution < -0.4 is 4.90 Å². The van der Waals surface area contributed by atoms with Crippen LogP contribution in [0, 0.1) is 0 Å². The van der Waals surface area contributed by atoms with Gasteiger partial charge in [-0.05, 0) is 30.2 Å². The molecule has 92 valence electrons. The van der Waals surface area contributed by atoms with Crippen LogP contribution in [0.4, 0.5) is 5.69 Å². The molecule has 1 heterocycles. The average molecular weight is 254 g/mol. The van der Waals surface area contributed by atoms with Crippen molar-refractivity contribution in [3.63, 3.8) is 0 Å². The number of rotatable bonds is 4. The van der Waals surface area contributed by atoms with Crippen LogP contribution in [-0.4, -0.2) is 32.6 Å². The topological polar surface area (TPSA) is 29.5 Å². The second-order valence-corrected chi connectivity index (χ2v) is 4.51. The van der Waals surface area contributed by atoms with Gasteiger partial charge in [0.25, 0.3) is 0 Å². The number of carbonyl (C=O) groups excluding carboxylic acids is 1.